The maximum absolute atomic E-state index is 13.4. The molecule has 1 N–H and O–H groups in total. The number of rotatable bonds is 6. The van der Waals surface area contributed by atoms with Crippen LogP contribution in [-0.4, -0.2) is 66.9 Å². The van der Waals surface area contributed by atoms with Crippen molar-refractivity contribution in [2.24, 2.45) is 5.92 Å². The first-order valence-corrected chi connectivity index (χ1v) is 12.6. The summed E-state index contributed by atoms with van der Waals surface area (Å²) in [5.74, 6) is 0.337. The van der Waals surface area contributed by atoms with Crippen molar-refractivity contribution in [3.8, 4) is 0 Å². The van der Waals surface area contributed by atoms with E-state index in [2.05, 4.69) is 29.2 Å². The molecule has 0 spiro atoms. The van der Waals surface area contributed by atoms with E-state index in [0.29, 0.717) is 30.3 Å². The lowest BCUT2D eigenvalue weighted by Gasteiger charge is -2.34. The molecule has 4 rings (SSSR count). The predicted molar refractivity (Wildman–Crippen MR) is 123 cm³/mol. The van der Waals surface area contributed by atoms with Gasteiger partial charge < -0.3 is 10.0 Å². The lowest BCUT2D eigenvalue weighted by molar-refractivity contribution is 0.139. The Bertz CT molecular complexity index is 1050. The van der Waals surface area contributed by atoms with Crippen LogP contribution in [0.1, 0.15) is 29.5 Å². The first-order chi connectivity index (χ1) is 15.3. The van der Waals surface area contributed by atoms with E-state index in [1.54, 1.807) is 19.2 Å². The number of carbonyl (C=O) groups is 1. The van der Waals surface area contributed by atoms with Gasteiger partial charge >= 0.3 is 6.09 Å². The molecule has 1 fully saturated rings. The number of nitrogens with zero attached hydrogens (tertiary/aromatic N) is 3. The van der Waals surface area contributed by atoms with Crippen molar-refractivity contribution in [3.05, 3.63) is 65.2 Å². The minimum atomic E-state index is -3.63. The van der Waals surface area contributed by atoms with Gasteiger partial charge in [-0.05, 0) is 61.0 Å². The summed E-state index contributed by atoms with van der Waals surface area (Å²) in [4.78, 5) is 15.4. The summed E-state index contributed by atoms with van der Waals surface area (Å²) in [6.45, 7) is 3.94. The molecule has 0 unspecified atom stereocenters. The molecule has 7 nitrogen and oxygen atoms in total. The Labute approximate surface area is 190 Å². The van der Waals surface area contributed by atoms with Crippen LogP contribution >= 0.6 is 0 Å². The average Bonchev–Trinajstić information content (AvgIpc) is 2.80. The second kappa shape index (κ2) is 9.60. The Balaban J connectivity index is 1.38. The Morgan fingerprint density at radius 1 is 1.06 bits per heavy atom. The summed E-state index contributed by atoms with van der Waals surface area (Å²) in [7, 11) is -1.96. The summed E-state index contributed by atoms with van der Waals surface area (Å²) in [5.41, 5.74) is 2.85. The largest absolute Gasteiger partial charge is 0.465 e. The van der Waals surface area contributed by atoms with Crippen LogP contribution in [0.5, 0.6) is 0 Å². The third-order valence-electron chi connectivity index (χ3n) is 6.65. The average molecular weight is 458 g/mol. The fourth-order valence-electron chi connectivity index (χ4n) is 4.78. The van der Waals surface area contributed by atoms with E-state index in [0.717, 1.165) is 43.6 Å². The second-order valence-electron chi connectivity index (χ2n) is 8.84. The number of piperidine rings is 1. The van der Waals surface area contributed by atoms with Crippen LogP contribution in [0.2, 0.25) is 0 Å². The molecule has 0 saturated carbocycles. The molecule has 32 heavy (non-hydrogen) atoms. The molecule has 172 valence electrons. The van der Waals surface area contributed by atoms with E-state index >= 15 is 0 Å². The zero-order valence-electron chi connectivity index (χ0n) is 18.5. The minimum Gasteiger partial charge on any atom is -0.465 e. The molecule has 2 aliphatic heterocycles. The molecule has 8 heteroatoms. The van der Waals surface area contributed by atoms with Gasteiger partial charge in [-0.1, -0.05) is 42.5 Å². The topological polar surface area (TPSA) is 81.2 Å². The Kier molecular flexibility index (Phi) is 6.83. The number of hydrogen-bond acceptors (Lipinski definition) is 4. The summed E-state index contributed by atoms with van der Waals surface area (Å²) in [6, 6.07) is 15.6. The predicted octanol–water partition coefficient (Wildman–Crippen LogP) is 3.26. The van der Waals surface area contributed by atoms with Gasteiger partial charge in [-0.25, -0.2) is 17.5 Å². The monoisotopic (exact) mass is 457 g/mol. The van der Waals surface area contributed by atoms with Crippen molar-refractivity contribution in [3.63, 3.8) is 0 Å². The van der Waals surface area contributed by atoms with Crippen LogP contribution in [0, 0.1) is 5.92 Å². The van der Waals surface area contributed by atoms with Crippen molar-refractivity contribution in [1.82, 2.24) is 14.1 Å². The number of likely N-dealkylation sites (tertiary alicyclic amines) is 1. The van der Waals surface area contributed by atoms with Crippen LogP contribution in [-0.2, 0) is 29.5 Å². The molecule has 2 aromatic carbocycles. The van der Waals surface area contributed by atoms with Gasteiger partial charge in [-0.2, -0.15) is 0 Å². The van der Waals surface area contributed by atoms with Crippen LogP contribution in [0.25, 0.3) is 0 Å². The van der Waals surface area contributed by atoms with Crippen molar-refractivity contribution in [1.29, 1.82) is 0 Å². The molecular formula is C24H31N3O4S. The highest BCUT2D eigenvalue weighted by atomic mass is 32.2. The first kappa shape index (κ1) is 22.8. The highest BCUT2D eigenvalue weighted by molar-refractivity contribution is 7.89. The van der Waals surface area contributed by atoms with Crippen molar-refractivity contribution < 1.29 is 18.3 Å². The Hall–Kier alpha value is -2.42. The number of sulfonamides is 1. The molecule has 2 aromatic rings. The van der Waals surface area contributed by atoms with Gasteiger partial charge in [0.25, 0.3) is 0 Å². The van der Waals surface area contributed by atoms with E-state index in [-0.39, 0.29) is 6.54 Å². The Morgan fingerprint density at radius 3 is 2.47 bits per heavy atom. The lowest BCUT2D eigenvalue weighted by Crippen LogP contribution is -2.40. The molecule has 2 heterocycles. The molecule has 0 radical (unpaired) electrons. The highest BCUT2D eigenvalue weighted by Gasteiger charge is 2.31. The van der Waals surface area contributed by atoms with Gasteiger partial charge in [0, 0.05) is 33.2 Å². The number of hydrogen-bond donors (Lipinski definition) is 1. The summed E-state index contributed by atoms with van der Waals surface area (Å²) in [5, 5.41) is 9.26. The smallest absolute Gasteiger partial charge is 0.407 e. The van der Waals surface area contributed by atoms with Gasteiger partial charge in [0.1, 0.15) is 0 Å². The minimum absolute atomic E-state index is 0.234. The zero-order valence-corrected chi connectivity index (χ0v) is 19.3. The number of benzene rings is 2. The summed E-state index contributed by atoms with van der Waals surface area (Å²) >= 11 is 0. The maximum atomic E-state index is 13.4. The van der Waals surface area contributed by atoms with E-state index in [9.17, 15) is 18.3 Å². The lowest BCUT2D eigenvalue weighted by atomic mass is 9.96. The molecule has 0 aliphatic carbocycles. The molecule has 0 aromatic heterocycles. The van der Waals surface area contributed by atoms with E-state index in [1.165, 1.54) is 14.8 Å². The molecule has 2 aliphatic rings. The van der Waals surface area contributed by atoms with Gasteiger partial charge in [0.15, 0.2) is 0 Å². The van der Waals surface area contributed by atoms with Gasteiger partial charge in [-0.15, -0.1) is 0 Å². The van der Waals surface area contributed by atoms with Gasteiger partial charge in [0.05, 0.1) is 4.90 Å². The van der Waals surface area contributed by atoms with Crippen LogP contribution < -0.4 is 0 Å². The zero-order chi connectivity index (χ0) is 22.7. The quantitative estimate of drug-likeness (QED) is 0.720. The fraction of sp³-hybridized carbons (Fsp3) is 0.458. The van der Waals surface area contributed by atoms with E-state index in [1.807, 2.05) is 12.1 Å². The van der Waals surface area contributed by atoms with Crippen molar-refractivity contribution in [2.75, 3.05) is 33.2 Å². The summed E-state index contributed by atoms with van der Waals surface area (Å²) in [6.07, 6.45) is 1.41. The fourth-order valence-corrected chi connectivity index (χ4v) is 6.32. The summed E-state index contributed by atoms with van der Waals surface area (Å²) < 4.78 is 28.3. The second-order valence-corrected chi connectivity index (χ2v) is 10.9. The van der Waals surface area contributed by atoms with Crippen molar-refractivity contribution >= 4 is 16.1 Å². The maximum Gasteiger partial charge on any atom is 0.407 e. The number of carboxylic acid groups (broad SMARTS) is 1. The standard InChI is InChI=1S/C24H31N3O4S/c1-25(16-20-10-13-26(14-11-20)17-19-6-3-2-4-7-19)32(30,31)23-9-5-8-21-18-27(24(28)29)15-12-22(21)23/h2-9,20H,10-18H2,1H3,(H,28,29). The van der Waals surface area contributed by atoms with E-state index in [4.69, 9.17) is 0 Å². The molecular weight excluding hydrogens is 426 g/mol. The Morgan fingerprint density at radius 2 is 1.78 bits per heavy atom. The highest BCUT2D eigenvalue weighted by Crippen LogP contribution is 2.29. The third-order valence-corrected chi connectivity index (χ3v) is 8.56. The van der Waals surface area contributed by atoms with Crippen LogP contribution in [0.4, 0.5) is 4.79 Å². The normalized spacial score (nSPS) is 18.0. The molecule has 0 bridgehead atoms. The third kappa shape index (κ3) is 4.98. The van der Waals surface area contributed by atoms with Gasteiger partial charge in [-0.3, -0.25) is 4.90 Å². The van der Waals surface area contributed by atoms with Crippen LogP contribution in [0.15, 0.2) is 53.4 Å². The molecule has 1 saturated heterocycles. The molecule has 0 atom stereocenters. The SMILES string of the molecule is CN(CC1CCN(Cc2ccccc2)CC1)S(=O)(=O)c1cccc2c1CCN(C(=O)O)C2. The number of fused-ring (bicyclic) bond motifs is 1. The van der Waals surface area contributed by atoms with Gasteiger partial charge in [0.2, 0.25) is 10.0 Å². The number of amides is 1. The van der Waals surface area contributed by atoms with Crippen LogP contribution in [0.3, 0.4) is 0 Å². The van der Waals surface area contributed by atoms with E-state index < -0.39 is 16.1 Å². The molecule has 1 amide bonds. The first-order valence-electron chi connectivity index (χ1n) is 11.2. The van der Waals surface area contributed by atoms with Crippen molar-refractivity contribution in [2.45, 2.75) is 37.2 Å².